The summed E-state index contributed by atoms with van der Waals surface area (Å²) in [5.41, 5.74) is 2.39. The number of pyridine rings is 1. The van der Waals surface area contributed by atoms with Gasteiger partial charge in [0, 0.05) is 11.6 Å². The predicted octanol–water partition coefficient (Wildman–Crippen LogP) is 2.44. The fraction of sp³-hybridized carbons (Fsp3) is 0.350. The van der Waals surface area contributed by atoms with Crippen LogP contribution >= 0.6 is 0 Å². The summed E-state index contributed by atoms with van der Waals surface area (Å²) in [7, 11) is 1.30. The molecule has 0 aliphatic heterocycles. The third-order valence-corrected chi connectivity index (χ3v) is 4.44. The fourth-order valence-corrected chi connectivity index (χ4v) is 3.03. The smallest absolute Gasteiger partial charge is 0.328 e. The fourth-order valence-electron chi connectivity index (χ4n) is 3.03. The van der Waals surface area contributed by atoms with Crippen LogP contribution in [0.25, 0.3) is 16.6 Å². The Morgan fingerprint density at radius 3 is 2.75 bits per heavy atom. The number of esters is 1. The van der Waals surface area contributed by atoms with E-state index < -0.39 is 17.9 Å². The predicted molar refractivity (Wildman–Crippen MR) is 104 cm³/mol. The summed E-state index contributed by atoms with van der Waals surface area (Å²) in [5, 5.41) is 11.8. The van der Waals surface area contributed by atoms with Crippen molar-refractivity contribution in [2.45, 2.75) is 33.2 Å². The Kier molecular flexibility index (Phi) is 5.67. The van der Waals surface area contributed by atoms with E-state index in [9.17, 15) is 9.59 Å². The van der Waals surface area contributed by atoms with Crippen molar-refractivity contribution < 1.29 is 14.3 Å². The Hall–Kier alpha value is -3.29. The number of benzene rings is 1. The molecule has 28 heavy (non-hydrogen) atoms. The molecule has 0 spiro atoms. The number of fused-ring (bicyclic) bond motifs is 1. The molecular formula is C20H23N5O3. The van der Waals surface area contributed by atoms with E-state index in [1.165, 1.54) is 7.11 Å². The van der Waals surface area contributed by atoms with Gasteiger partial charge in [0.05, 0.1) is 24.0 Å². The topological polar surface area (TPSA) is 99.0 Å². The van der Waals surface area contributed by atoms with Crippen molar-refractivity contribution in [1.29, 1.82) is 0 Å². The molecule has 0 aliphatic carbocycles. The Balaban J connectivity index is 1.86. The second-order valence-electron chi connectivity index (χ2n) is 6.99. The third kappa shape index (κ3) is 4.00. The van der Waals surface area contributed by atoms with E-state index in [0.717, 1.165) is 16.6 Å². The van der Waals surface area contributed by atoms with Gasteiger partial charge < -0.3 is 10.1 Å². The highest BCUT2D eigenvalue weighted by Gasteiger charge is 2.26. The highest BCUT2D eigenvalue weighted by molar-refractivity contribution is 5.96. The zero-order valence-electron chi connectivity index (χ0n) is 16.3. The van der Waals surface area contributed by atoms with E-state index in [2.05, 4.69) is 20.6 Å². The van der Waals surface area contributed by atoms with Crippen molar-refractivity contribution in [3.8, 4) is 5.69 Å². The summed E-state index contributed by atoms with van der Waals surface area (Å²) in [6.07, 6.45) is 2.21. The lowest BCUT2D eigenvalue weighted by molar-refractivity contribution is -0.143. The molecule has 1 N–H and O–H groups in total. The largest absolute Gasteiger partial charge is 0.467 e. The normalized spacial score (nSPS) is 12.2. The molecule has 1 amide bonds. The molecule has 1 aromatic carbocycles. The lowest BCUT2D eigenvalue weighted by Crippen LogP contribution is -2.42. The minimum atomic E-state index is -0.728. The minimum Gasteiger partial charge on any atom is -0.467 e. The van der Waals surface area contributed by atoms with Crippen LogP contribution < -0.4 is 5.32 Å². The van der Waals surface area contributed by atoms with E-state index in [1.54, 1.807) is 17.8 Å². The quantitative estimate of drug-likeness (QED) is 0.659. The van der Waals surface area contributed by atoms with Crippen LogP contribution in [0.1, 0.15) is 36.5 Å². The molecule has 0 radical (unpaired) electrons. The number of nitrogens with one attached hydrogen (secondary N) is 1. The highest BCUT2D eigenvalue weighted by Crippen LogP contribution is 2.18. The molecule has 1 unspecified atom stereocenters. The van der Waals surface area contributed by atoms with Gasteiger partial charge in [-0.2, -0.15) is 0 Å². The number of amides is 1. The average Bonchev–Trinajstić information content (AvgIpc) is 3.07. The minimum absolute atomic E-state index is 0.170. The van der Waals surface area contributed by atoms with Gasteiger partial charge >= 0.3 is 5.97 Å². The van der Waals surface area contributed by atoms with Crippen molar-refractivity contribution in [1.82, 2.24) is 25.3 Å². The standard InChI is InChI=1S/C20H23N5O3/c1-12(2)10-17(20(27)28-4)22-19(26)18-13(3)25(24-23-18)15-7-8-16-14(11-15)6-5-9-21-16/h5-9,11-12,17H,10H2,1-4H3,(H,22,26). The summed E-state index contributed by atoms with van der Waals surface area (Å²) in [6, 6.07) is 8.78. The highest BCUT2D eigenvalue weighted by atomic mass is 16.5. The van der Waals surface area contributed by atoms with Crippen LogP contribution in [-0.2, 0) is 9.53 Å². The number of nitrogens with zero attached hydrogens (tertiary/aromatic N) is 4. The first-order chi connectivity index (χ1) is 13.4. The van der Waals surface area contributed by atoms with Crippen LogP contribution in [0, 0.1) is 12.8 Å². The molecule has 0 aliphatic rings. The molecule has 8 nitrogen and oxygen atoms in total. The number of ether oxygens (including phenoxy) is 1. The molecule has 3 aromatic rings. The van der Waals surface area contributed by atoms with Crippen molar-refractivity contribution in [3.63, 3.8) is 0 Å². The number of carbonyl (C=O) groups excluding carboxylic acids is 2. The van der Waals surface area contributed by atoms with Gasteiger partial charge in [0.15, 0.2) is 5.69 Å². The molecule has 0 saturated carbocycles. The number of carbonyl (C=O) groups is 2. The van der Waals surface area contributed by atoms with Crippen LogP contribution in [0.2, 0.25) is 0 Å². The van der Waals surface area contributed by atoms with Crippen LogP contribution in [0.15, 0.2) is 36.5 Å². The van der Waals surface area contributed by atoms with Crippen LogP contribution in [0.3, 0.4) is 0 Å². The first-order valence-electron chi connectivity index (χ1n) is 9.07. The zero-order valence-corrected chi connectivity index (χ0v) is 16.3. The van der Waals surface area contributed by atoms with Crippen LogP contribution in [0.4, 0.5) is 0 Å². The van der Waals surface area contributed by atoms with Gasteiger partial charge in [-0.25, -0.2) is 9.48 Å². The van der Waals surface area contributed by atoms with E-state index in [-0.39, 0.29) is 11.6 Å². The van der Waals surface area contributed by atoms with Crippen molar-refractivity contribution in [3.05, 3.63) is 47.9 Å². The summed E-state index contributed by atoms with van der Waals surface area (Å²) in [5.74, 6) is -0.719. The number of rotatable bonds is 6. The number of hydrogen-bond acceptors (Lipinski definition) is 6. The van der Waals surface area contributed by atoms with Gasteiger partial charge in [-0.05, 0) is 43.5 Å². The maximum absolute atomic E-state index is 12.7. The molecule has 0 saturated heterocycles. The molecule has 146 valence electrons. The Labute approximate surface area is 162 Å². The summed E-state index contributed by atoms with van der Waals surface area (Å²) in [4.78, 5) is 29.0. The number of methoxy groups -OCH3 is 1. The molecule has 3 rings (SSSR count). The van der Waals surface area contributed by atoms with Gasteiger partial charge in [-0.15, -0.1) is 5.10 Å². The first kappa shape index (κ1) is 19.5. The van der Waals surface area contributed by atoms with E-state index in [4.69, 9.17) is 4.74 Å². The second-order valence-corrected chi connectivity index (χ2v) is 6.99. The monoisotopic (exact) mass is 381 g/mol. The summed E-state index contributed by atoms with van der Waals surface area (Å²) < 4.78 is 6.39. The maximum atomic E-state index is 12.7. The summed E-state index contributed by atoms with van der Waals surface area (Å²) in [6.45, 7) is 5.70. The van der Waals surface area contributed by atoms with Gasteiger partial charge in [-0.3, -0.25) is 9.78 Å². The van der Waals surface area contributed by atoms with Crippen molar-refractivity contribution in [2.75, 3.05) is 7.11 Å². The average molecular weight is 381 g/mol. The molecule has 0 fully saturated rings. The molecule has 8 heteroatoms. The van der Waals surface area contributed by atoms with Gasteiger partial charge in [0.25, 0.3) is 5.91 Å². The third-order valence-electron chi connectivity index (χ3n) is 4.44. The zero-order chi connectivity index (χ0) is 20.3. The lowest BCUT2D eigenvalue weighted by atomic mass is 10.0. The Morgan fingerprint density at radius 1 is 1.25 bits per heavy atom. The molecule has 1 atom stereocenters. The van der Waals surface area contributed by atoms with E-state index in [0.29, 0.717) is 12.1 Å². The SMILES string of the molecule is COC(=O)C(CC(C)C)NC(=O)c1nnn(-c2ccc3ncccc3c2)c1C. The number of hydrogen-bond donors (Lipinski definition) is 1. The first-order valence-corrected chi connectivity index (χ1v) is 9.07. The Morgan fingerprint density at radius 2 is 2.04 bits per heavy atom. The number of aromatic nitrogens is 4. The van der Waals surface area contributed by atoms with E-state index in [1.807, 2.05) is 44.2 Å². The molecule has 2 aromatic heterocycles. The van der Waals surface area contributed by atoms with E-state index >= 15 is 0 Å². The molecule has 2 heterocycles. The van der Waals surface area contributed by atoms with Crippen LogP contribution in [0.5, 0.6) is 0 Å². The molecular weight excluding hydrogens is 358 g/mol. The second kappa shape index (κ2) is 8.16. The lowest BCUT2D eigenvalue weighted by Gasteiger charge is -2.17. The van der Waals surface area contributed by atoms with Gasteiger partial charge in [0.2, 0.25) is 0 Å². The van der Waals surface area contributed by atoms with Crippen LogP contribution in [-0.4, -0.2) is 45.0 Å². The van der Waals surface area contributed by atoms with Gasteiger partial charge in [-0.1, -0.05) is 25.1 Å². The Bertz CT molecular complexity index is 1010. The molecule has 0 bridgehead atoms. The maximum Gasteiger partial charge on any atom is 0.328 e. The van der Waals surface area contributed by atoms with Crippen molar-refractivity contribution in [2.24, 2.45) is 5.92 Å². The van der Waals surface area contributed by atoms with Crippen molar-refractivity contribution >= 4 is 22.8 Å². The van der Waals surface area contributed by atoms with Gasteiger partial charge in [0.1, 0.15) is 6.04 Å². The summed E-state index contributed by atoms with van der Waals surface area (Å²) >= 11 is 0.